The van der Waals surface area contributed by atoms with E-state index in [1.165, 1.54) is 38.4 Å². The number of ether oxygens (including phenoxy) is 1. The van der Waals surface area contributed by atoms with Gasteiger partial charge in [0.2, 0.25) is 0 Å². The number of nitrogens with one attached hydrogen (secondary N) is 2. The summed E-state index contributed by atoms with van der Waals surface area (Å²) >= 11 is 0. The molecule has 2 aliphatic rings. The highest BCUT2D eigenvalue weighted by molar-refractivity contribution is 14.0. The maximum Gasteiger partial charge on any atom is 0.191 e. The first-order valence-corrected chi connectivity index (χ1v) is 12.4. The van der Waals surface area contributed by atoms with Crippen LogP contribution < -0.4 is 10.6 Å². The Kier molecular flexibility index (Phi) is 9.83. The number of hydrogen-bond donors (Lipinski definition) is 2. The van der Waals surface area contributed by atoms with Crippen LogP contribution in [-0.4, -0.2) is 71.0 Å². The summed E-state index contributed by atoms with van der Waals surface area (Å²) in [5, 5.41) is 6.89. The number of guanidine groups is 1. The van der Waals surface area contributed by atoms with Crippen LogP contribution in [0.15, 0.2) is 34.2 Å². The van der Waals surface area contributed by atoms with E-state index >= 15 is 0 Å². The van der Waals surface area contributed by atoms with E-state index in [-0.39, 0.29) is 29.5 Å². The fraction of sp³-hybridized carbons (Fsp3) is 0.667. The Morgan fingerprint density at radius 1 is 1.10 bits per heavy atom. The van der Waals surface area contributed by atoms with E-state index in [9.17, 15) is 8.42 Å². The number of nitrogens with zero attached hydrogens (tertiary/aromatic N) is 2. The number of hydrogen-bond acceptors (Lipinski definition) is 5. The quantitative estimate of drug-likeness (QED) is 0.322. The molecule has 0 bridgehead atoms. The van der Waals surface area contributed by atoms with Crippen LogP contribution in [0.5, 0.6) is 0 Å². The summed E-state index contributed by atoms with van der Waals surface area (Å²) in [5.41, 5.74) is 1.19. The zero-order valence-electron chi connectivity index (χ0n) is 18.0. The Labute approximate surface area is 198 Å². The van der Waals surface area contributed by atoms with Gasteiger partial charge in [0, 0.05) is 45.0 Å². The minimum atomic E-state index is -3.16. The first kappa shape index (κ1) is 25.4. The van der Waals surface area contributed by atoms with Crippen LogP contribution in [0.4, 0.5) is 0 Å². The molecular weight excluding hydrogens is 515 g/mol. The lowest BCUT2D eigenvalue weighted by molar-refractivity contribution is -0.0352. The van der Waals surface area contributed by atoms with Crippen LogP contribution in [0.25, 0.3) is 0 Å². The van der Waals surface area contributed by atoms with Crippen molar-refractivity contribution in [1.29, 1.82) is 0 Å². The third-order valence-electron chi connectivity index (χ3n) is 6.09. The summed E-state index contributed by atoms with van der Waals surface area (Å²) in [6.07, 6.45) is 7.52. The Balaban J connectivity index is 0.00000320. The lowest BCUT2D eigenvalue weighted by Gasteiger charge is -2.48. The molecule has 0 aromatic heterocycles. The highest BCUT2D eigenvalue weighted by Crippen LogP contribution is 2.33. The van der Waals surface area contributed by atoms with Crippen molar-refractivity contribution in [3.05, 3.63) is 29.8 Å². The number of morpholine rings is 1. The molecule has 2 fully saturated rings. The van der Waals surface area contributed by atoms with Crippen molar-refractivity contribution in [3.63, 3.8) is 0 Å². The second kappa shape index (κ2) is 11.6. The summed E-state index contributed by atoms with van der Waals surface area (Å²) in [4.78, 5) is 7.33. The molecule has 1 aromatic rings. The molecule has 1 saturated carbocycles. The molecular formula is C21H35IN4O3S. The van der Waals surface area contributed by atoms with Crippen LogP contribution in [0.2, 0.25) is 0 Å². The van der Waals surface area contributed by atoms with Gasteiger partial charge in [0.15, 0.2) is 15.8 Å². The van der Waals surface area contributed by atoms with Crippen molar-refractivity contribution in [3.8, 4) is 0 Å². The minimum Gasteiger partial charge on any atom is -0.379 e. The van der Waals surface area contributed by atoms with E-state index in [1.807, 2.05) is 12.1 Å². The summed E-state index contributed by atoms with van der Waals surface area (Å²) in [5.74, 6) is 0.774. The topological polar surface area (TPSA) is 83.0 Å². The Bertz CT molecular complexity index is 787. The first-order valence-electron chi connectivity index (χ1n) is 10.5. The van der Waals surface area contributed by atoms with Gasteiger partial charge < -0.3 is 15.4 Å². The zero-order chi connectivity index (χ0) is 20.7. The van der Waals surface area contributed by atoms with Crippen molar-refractivity contribution >= 4 is 39.8 Å². The Morgan fingerprint density at radius 2 is 1.73 bits per heavy atom. The van der Waals surface area contributed by atoms with Gasteiger partial charge in [-0.2, -0.15) is 0 Å². The molecule has 7 nitrogen and oxygen atoms in total. The minimum absolute atomic E-state index is 0. The highest BCUT2D eigenvalue weighted by atomic mass is 127. The number of sulfone groups is 1. The van der Waals surface area contributed by atoms with Crippen molar-refractivity contribution in [2.45, 2.75) is 49.1 Å². The molecule has 30 heavy (non-hydrogen) atoms. The summed E-state index contributed by atoms with van der Waals surface area (Å²) in [7, 11) is -1.38. The highest BCUT2D eigenvalue weighted by Gasteiger charge is 2.38. The van der Waals surface area contributed by atoms with E-state index in [2.05, 4.69) is 20.5 Å². The van der Waals surface area contributed by atoms with Crippen LogP contribution in [0.3, 0.4) is 0 Å². The second-order valence-corrected chi connectivity index (χ2v) is 10.1. The molecule has 0 unspecified atom stereocenters. The monoisotopic (exact) mass is 550 g/mol. The van der Waals surface area contributed by atoms with Crippen molar-refractivity contribution in [2.75, 3.05) is 46.2 Å². The predicted molar refractivity (Wildman–Crippen MR) is 131 cm³/mol. The SMILES string of the molecule is CN=C(NCc1ccc(S(C)(=O)=O)cc1)NCC1(N2CCOCC2)CCCCC1.I. The summed E-state index contributed by atoms with van der Waals surface area (Å²) in [6.45, 7) is 5.10. The maximum atomic E-state index is 11.6. The lowest BCUT2D eigenvalue weighted by atomic mass is 9.80. The lowest BCUT2D eigenvalue weighted by Crippen LogP contribution is -2.60. The molecule has 0 spiro atoms. The van der Waals surface area contributed by atoms with Gasteiger partial charge in [-0.05, 0) is 30.5 Å². The van der Waals surface area contributed by atoms with E-state index in [0.29, 0.717) is 11.4 Å². The van der Waals surface area contributed by atoms with Gasteiger partial charge in [0.1, 0.15) is 0 Å². The standard InChI is InChI=1S/C21H34N4O3S.HI/c1-22-20(23-16-18-6-8-19(9-7-18)29(2,26)27)24-17-21(10-4-3-5-11-21)25-12-14-28-15-13-25;/h6-9H,3-5,10-17H2,1-2H3,(H2,22,23,24);1H. The fourth-order valence-corrected chi connectivity index (χ4v) is 4.99. The van der Waals surface area contributed by atoms with Crippen LogP contribution in [-0.2, 0) is 21.1 Å². The predicted octanol–water partition coefficient (Wildman–Crippen LogP) is 2.41. The van der Waals surface area contributed by atoms with Crippen molar-refractivity contribution < 1.29 is 13.2 Å². The average Bonchev–Trinajstić information content (AvgIpc) is 2.75. The van der Waals surface area contributed by atoms with Gasteiger partial charge in [-0.25, -0.2) is 8.42 Å². The number of aliphatic imine (C=N–C) groups is 1. The zero-order valence-corrected chi connectivity index (χ0v) is 21.2. The average molecular weight is 551 g/mol. The number of halogens is 1. The molecule has 170 valence electrons. The summed E-state index contributed by atoms with van der Waals surface area (Å²) < 4.78 is 28.8. The van der Waals surface area contributed by atoms with E-state index in [0.717, 1.165) is 44.4 Å². The van der Waals surface area contributed by atoms with Gasteiger partial charge >= 0.3 is 0 Å². The fourth-order valence-electron chi connectivity index (χ4n) is 4.36. The van der Waals surface area contributed by atoms with E-state index in [4.69, 9.17) is 4.74 Å². The molecule has 1 aliphatic carbocycles. The van der Waals surface area contributed by atoms with Gasteiger partial charge in [-0.3, -0.25) is 9.89 Å². The Hall–Kier alpha value is -0.910. The molecule has 0 atom stereocenters. The van der Waals surface area contributed by atoms with E-state index in [1.54, 1.807) is 19.2 Å². The molecule has 0 amide bonds. The van der Waals surface area contributed by atoms with Crippen LogP contribution >= 0.6 is 24.0 Å². The number of benzene rings is 1. The van der Waals surface area contributed by atoms with Crippen LogP contribution in [0.1, 0.15) is 37.7 Å². The van der Waals surface area contributed by atoms with Crippen molar-refractivity contribution in [1.82, 2.24) is 15.5 Å². The van der Waals surface area contributed by atoms with Gasteiger partial charge in [-0.15, -0.1) is 24.0 Å². The normalized spacial score (nSPS) is 20.3. The molecule has 0 radical (unpaired) electrons. The maximum absolute atomic E-state index is 11.6. The number of rotatable bonds is 6. The Morgan fingerprint density at radius 3 is 2.30 bits per heavy atom. The van der Waals surface area contributed by atoms with E-state index < -0.39 is 9.84 Å². The van der Waals surface area contributed by atoms with Gasteiger partial charge in [0.05, 0.1) is 18.1 Å². The largest absolute Gasteiger partial charge is 0.379 e. The van der Waals surface area contributed by atoms with Crippen molar-refractivity contribution in [2.24, 2.45) is 4.99 Å². The van der Waals surface area contributed by atoms with Crippen LogP contribution in [0, 0.1) is 0 Å². The first-order chi connectivity index (χ1) is 13.9. The molecule has 1 saturated heterocycles. The summed E-state index contributed by atoms with van der Waals surface area (Å²) in [6, 6.07) is 6.98. The third kappa shape index (κ3) is 6.80. The second-order valence-electron chi connectivity index (χ2n) is 8.08. The molecule has 1 heterocycles. The molecule has 9 heteroatoms. The molecule has 3 rings (SSSR count). The molecule has 1 aliphatic heterocycles. The smallest absolute Gasteiger partial charge is 0.191 e. The molecule has 1 aromatic carbocycles. The van der Waals surface area contributed by atoms with Gasteiger partial charge in [-0.1, -0.05) is 31.4 Å². The third-order valence-corrected chi connectivity index (χ3v) is 7.21. The van der Waals surface area contributed by atoms with Gasteiger partial charge in [0.25, 0.3) is 0 Å². The molecule has 2 N–H and O–H groups in total.